The summed E-state index contributed by atoms with van der Waals surface area (Å²) < 4.78 is 0. The quantitative estimate of drug-likeness (QED) is 0.556. The van der Waals surface area contributed by atoms with Gasteiger partial charge in [0.2, 0.25) is 5.90 Å². The first-order valence-corrected chi connectivity index (χ1v) is 3.88. The Labute approximate surface area is 88.7 Å². The van der Waals surface area contributed by atoms with Crippen LogP contribution in [0.3, 0.4) is 0 Å². The van der Waals surface area contributed by atoms with E-state index in [2.05, 4.69) is 0 Å². The molecule has 13 heavy (non-hydrogen) atoms. The topological polar surface area (TPSA) is 44.1 Å². The third-order valence-electron chi connectivity index (χ3n) is 1.91. The second kappa shape index (κ2) is 4.44. The molecule has 0 amide bonds. The molecular weight excluding hydrogens is 209 g/mol. The molecule has 0 saturated carbocycles. The number of rotatable bonds is 1. The Hall–Kier alpha value is -0.804. The maximum Gasteiger partial charge on any atom is 0.211 e. The van der Waals surface area contributed by atoms with Gasteiger partial charge in [-0.3, -0.25) is 5.41 Å². The van der Waals surface area contributed by atoms with Gasteiger partial charge in [0.05, 0.1) is 0 Å². The minimum atomic E-state index is -0.343. The van der Waals surface area contributed by atoms with Crippen LogP contribution in [-0.4, -0.2) is 11.0 Å². The van der Waals surface area contributed by atoms with E-state index in [0.29, 0.717) is 5.56 Å². The Balaban J connectivity index is 0.00000144. The molecule has 73 valence electrons. The molecule has 3 heteroatoms. The van der Waals surface area contributed by atoms with Crippen molar-refractivity contribution >= 4 is 5.90 Å². The van der Waals surface area contributed by atoms with Crippen molar-refractivity contribution in [3.63, 3.8) is 0 Å². The molecule has 1 rings (SSSR count). The van der Waals surface area contributed by atoms with Crippen LogP contribution in [0.5, 0.6) is 0 Å². The molecule has 0 aliphatic heterocycles. The van der Waals surface area contributed by atoms with Crippen LogP contribution in [0.2, 0.25) is 0 Å². The smallest absolute Gasteiger partial charge is 0.211 e. The minimum Gasteiger partial charge on any atom is -0.493 e. The molecule has 0 heterocycles. The second-order valence-electron chi connectivity index (χ2n) is 3.12. The van der Waals surface area contributed by atoms with Crippen molar-refractivity contribution in [3.8, 4) is 0 Å². The van der Waals surface area contributed by atoms with Crippen LogP contribution in [-0.2, 0) is 16.8 Å². The standard InChI is InChI=1S/C10H13NO.Co/c1-6-4-7(2)9(10(11)12)8(3)5-6;/h4-5H,1-3H3,(H2,11,12);. The van der Waals surface area contributed by atoms with Gasteiger partial charge in [-0.2, -0.15) is 0 Å². The fraction of sp³-hybridized carbons (Fsp3) is 0.300. The van der Waals surface area contributed by atoms with E-state index in [1.54, 1.807) is 0 Å². The number of aryl methyl sites for hydroxylation is 3. The van der Waals surface area contributed by atoms with E-state index in [9.17, 15) is 0 Å². The predicted molar refractivity (Wildman–Crippen MR) is 50.1 cm³/mol. The molecule has 0 spiro atoms. The van der Waals surface area contributed by atoms with Gasteiger partial charge in [0.1, 0.15) is 0 Å². The summed E-state index contributed by atoms with van der Waals surface area (Å²) in [4.78, 5) is 0. The number of nitrogens with one attached hydrogen (secondary N) is 1. The summed E-state index contributed by atoms with van der Waals surface area (Å²) in [5.74, 6) is -0.343. The van der Waals surface area contributed by atoms with Gasteiger partial charge < -0.3 is 5.11 Å². The van der Waals surface area contributed by atoms with Crippen LogP contribution in [0.1, 0.15) is 22.3 Å². The molecule has 1 aromatic rings. The van der Waals surface area contributed by atoms with Crippen molar-refractivity contribution in [1.29, 1.82) is 5.41 Å². The molecule has 0 aromatic heterocycles. The molecule has 0 fully saturated rings. The van der Waals surface area contributed by atoms with Crippen molar-refractivity contribution in [2.75, 3.05) is 0 Å². The molecule has 0 bridgehead atoms. The monoisotopic (exact) mass is 222 g/mol. The van der Waals surface area contributed by atoms with Crippen LogP contribution >= 0.6 is 0 Å². The SMILES string of the molecule is Cc1cc(C)c(C(=N)O)c(C)c1.[Co]. The van der Waals surface area contributed by atoms with Crippen LogP contribution in [0.15, 0.2) is 12.1 Å². The van der Waals surface area contributed by atoms with Gasteiger partial charge in [0, 0.05) is 22.3 Å². The molecule has 1 aromatic carbocycles. The van der Waals surface area contributed by atoms with Gasteiger partial charge in [-0.25, -0.2) is 0 Å². The Kier molecular flexibility index (Phi) is 4.16. The molecule has 2 nitrogen and oxygen atoms in total. The van der Waals surface area contributed by atoms with Crippen molar-refractivity contribution in [3.05, 3.63) is 34.4 Å². The summed E-state index contributed by atoms with van der Waals surface area (Å²) in [6, 6.07) is 3.93. The Morgan fingerprint density at radius 1 is 1.15 bits per heavy atom. The fourth-order valence-electron chi connectivity index (χ4n) is 1.55. The third kappa shape index (κ3) is 2.57. The zero-order chi connectivity index (χ0) is 9.30. The summed E-state index contributed by atoms with van der Waals surface area (Å²) in [5, 5.41) is 16.2. The molecule has 0 saturated heterocycles. The van der Waals surface area contributed by atoms with Crippen molar-refractivity contribution in [2.24, 2.45) is 0 Å². The summed E-state index contributed by atoms with van der Waals surface area (Å²) in [6.07, 6.45) is 0. The van der Waals surface area contributed by atoms with Gasteiger partial charge in [0.25, 0.3) is 0 Å². The normalized spacial score (nSPS) is 9.15. The first kappa shape index (κ1) is 12.2. The second-order valence-corrected chi connectivity index (χ2v) is 3.12. The first-order chi connectivity index (χ1) is 5.52. The van der Waals surface area contributed by atoms with Gasteiger partial charge in [-0.05, 0) is 31.9 Å². The number of hydrogen-bond acceptors (Lipinski definition) is 1. The molecule has 0 aliphatic rings. The number of aliphatic hydroxyl groups is 1. The summed E-state index contributed by atoms with van der Waals surface area (Å²) in [7, 11) is 0. The Bertz CT molecular complexity index is 311. The molecule has 0 aliphatic carbocycles. The first-order valence-electron chi connectivity index (χ1n) is 3.88. The van der Waals surface area contributed by atoms with Crippen LogP contribution in [0, 0.1) is 26.2 Å². The molecule has 0 unspecified atom stereocenters. The Morgan fingerprint density at radius 3 is 1.85 bits per heavy atom. The van der Waals surface area contributed by atoms with Gasteiger partial charge >= 0.3 is 0 Å². The number of hydrogen-bond donors (Lipinski definition) is 2. The molecule has 1 radical (unpaired) electrons. The fourth-order valence-corrected chi connectivity index (χ4v) is 1.55. The van der Waals surface area contributed by atoms with Crippen LogP contribution in [0.4, 0.5) is 0 Å². The van der Waals surface area contributed by atoms with E-state index < -0.39 is 0 Å². The van der Waals surface area contributed by atoms with E-state index in [4.69, 9.17) is 10.5 Å². The maximum absolute atomic E-state index is 9.06. The molecule has 2 N–H and O–H groups in total. The van der Waals surface area contributed by atoms with E-state index in [0.717, 1.165) is 16.7 Å². The van der Waals surface area contributed by atoms with Crippen molar-refractivity contribution < 1.29 is 21.9 Å². The van der Waals surface area contributed by atoms with Gasteiger partial charge in [-0.1, -0.05) is 17.7 Å². The summed E-state index contributed by atoms with van der Waals surface area (Å²) in [5.41, 5.74) is 3.73. The molecule has 0 atom stereocenters. The largest absolute Gasteiger partial charge is 0.493 e. The third-order valence-corrected chi connectivity index (χ3v) is 1.91. The zero-order valence-corrected chi connectivity index (χ0v) is 8.98. The maximum atomic E-state index is 9.06. The van der Waals surface area contributed by atoms with Crippen molar-refractivity contribution in [2.45, 2.75) is 20.8 Å². The number of benzene rings is 1. The van der Waals surface area contributed by atoms with Gasteiger partial charge in [-0.15, -0.1) is 0 Å². The predicted octanol–water partition coefficient (Wildman–Crippen LogP) is 2.49. The zero-order valence-electron chi connectivity index (χ0n) is 7.94. The van der Waals surface area contributed by atoms with Gasteiger partial charge in [0.15, 0.2) is 0 Å². The van der Waals surface area contributed by atoms with E-state index in [1.807, 2.05) is 32.9 Å². The van der Waals surface area contributed by atoms with Crippen LogP contribution < -0.4 is 0 Å². The average Bonchev–Trinajstić information content (AvgIpc) is 1.82. The Morgan fingerprint density at radius 2 is 1.54 bits per heavy atom. The summed E-state index contributed by atoms with van der Waals surface area (Å²) >= 11 is 0. The summed E-state index contributed by atoms with van der Waals surface area (Å²) in [6.45, 7) is 5.81. The minimum absolute atomic E-state index is 0. The average molecular weight is 222 g/mol. The van der Waals surface area contributed by atoms with Crippen molar-refractivity contribution in [1.82, 2.24) is 0 Å². The number of aliphatic hydroxyl groups excluding tert-OH is 1. The van der Waals surface area contributed by atoms with E-state index >= 15 is 0 Å². The van der Waals surface area contributed by atoms with Crippen LogP contribution in [0.25, 0.3) is 0 Å². The molecular formula is C10H13CoNO. The van der Waals surface area contributed by atoms with E-state index in [1.165, 1.54) is 0 Å². The van der Waals surface area contributed by atoms with E-state index in [-0.39, 0.29) is 22.7 Å².